The Morgan fingerprint density at radius 2 is 1.64 bits per heavy atom. The molecular formula is C20H18ClN3O3S. The van der Waals surface area contributed by atoms with E-state index in [4.69, 9.17) is 11.6 Å². The highest BCUT2D eigenvalue weighted by molar-refractivity contribution is 7.89. The van der Waals surface area contributed by atoms with Crippen LogP contribution >= 0.6 is 11.6 Å². The van der Waals surface area contributed by atoms with Crippen molar-refractivity contribution in [2.75, 3.05) is 26.2 Å². The average Bonchev–Trinajstić information content (AvgIpc) is 2.73. The van der Waals surface area contributed by atoms with E-state index in [1.165, 1.54) is 4.31 Å². The topological polar surface area (TPSA) is 70.6 Å². The first-order valence-electron chi connectivity index (χ1n) is 8.86. The van der Waals surface area contributed by atoms with Crippen LogP contribution in [0.25, 0.3) is 10.9 Å². The molecule has 2 aromatic carbocycles. The summed E-state index contributed by atoms with van der Waals surface area (Å²) in [6.45, 7) is 1.24. The summed E-state index contributed by atoms with van der Waals surface area (Å²) in [6.07, 6.45) is 0. The Bertz CT molecular complexity index is 1130. The summed E-state index contributed by atoms with van der Waals surface area (Å²) in [5.74, 6) is -0.117. The largest absolute Gasteiger partial charge is 0.336 e. The molecule has 3 aromatic rings. The lowest BCUT2D eigenvalue weighted by molar-refractivity contribution is 0.0698. The van der Waals surface area contributed by atoms with Crippen molar-refractivity contribution in [3.63, 3.8) is 0 Å². The molecule has 6 nitrogen and oxygen atoms in total. The average molecular weight is 416 g/mol. The first-order valence-corrected chi connectivity index (χ1v) is 10.7. The molecule has 1 saturated heterocycles. The van der Waals surface area contributed by atoms with Crippen molar-refractivity contribution < 1.29 is 13.2 Å². The van der Waals surface area contributed by atoms with Gasteiger partial charge in [0.05, 0.1) is 10.4 Å². The number of rotatable bonds is 3. The van der Waals surface area contributed by atoms with Gasteiger partial charge in [-0.2, -0.15) is 4.31 Å². The van der Waals surface area contributed by atoms with Crippen LogP contribution in [0.1, 0.15) is 10.4 Å². The summed E-state index contributed by atoms with van der Waals surface area (Å²) in [6, 6.07) is 17.1. The zero-order chi connectivity index (χ0) is 19.7. The van der Waals surface area contributed by atoms with E-state index in [2.05, 4.69) is 4.98 Å². The minimum atomic E-state index is -3.53. The number of sulfonamides is 1. The summed E-state index contributed by atoms with van der Waals surface area (Å²) in [5, 5.41) is 1.24. The van der Waals surface area contributed by atoms with Crippen molar-refractivity contribution in [1.82, 2.24) is 14.2 Å². The lowest BCUT2D eigenvalue weighted by Gasteiger charge is -2.34. The maximum Gasteiger partial charge on any atom is 0.253 e. The predicted octanol–water partition coefficient (Wildman–Crippen LogP) is 3.03. The number of pyridine rings is 1. The first kappa shape index (κ1) is 18.9. The number of hydrogen-bond donors (Lipinski definition) is 0. The molecule has 0 saturated carbocycles. The fourth-order valence-electron chi connectivity index (χ4n) is 3.29. The fourth-order valence-corrected chi connectivity index (χ4v) is 4.89. The van der Waals surface area contributed by atoms with Crippen molar-refractivity contribution in [2.24, 2.45) is 0 Å². The summed E-state index contributed by atoms with van der Waals surface area (Å²) in [7, 11) is -3.53. The van der Waals surface area contributed by atoms with Gasteiger partial charge < -0.3 is 4.90 Å². The molecule has 144 valence electrons. The molecule has 0 spiro atoms. The second-order valence-corrected chi connectivity index (χ2v) is 8.88. The number of amides is 1. The van der Waals surface area contributed by atoms with Gasteiger partial charge in [-0.05, 0) is 42.5 Å². The van der Waals surface area contributed by atoms with E-state index in [-0.39, 0.29) is 23.9 Å². The van der Waals surface area contributed by atoms with E-state index in [1.54, 1.807) is 59.5 Å². The van der Waals surface area contributed by atoms with Gasteiger partial charge in [-0.1, -0.05) is 29.8 Å². The molecule has 0 atom stereocenters. The van der Waals surface area contributed by atoms with E-state index < -0.39 is 10.0 Å². The smallest absolute Gasteiger partial charge is 0.253 e. The Balaban J connectivity index is 1.48. The van der Waals surface area contributed by atoms with Crippen molar-refractivity contribution in [3.05, 3.63) is 71.4 Å². The Morgan fingerprint density at radius 3 is 2.36 bits per heavy atom. The standard InChI is InChI=1S/C20H18ClN3O3S/c21-19-9-7-15-14-16(6-8-18(15)22-19)20(25)23-10-12-24(13-11-23)28(26,27)17-4-2-1-3-5-17/h1-9,14H,10-13H2. The van der Waals surface area contributed by atoms with Crippen LogP contribution in [0.3, 0.4) is 0 Å². The molecule has 28 heavy (non-hydrogen) atoms. The van der Waals surface area contributed by atoms with Gasteiger partial charge in [0.1, 0.15) is 5.15 Å². The van der Waals surface area contributed by atoms with Gasteiger partial charge in [-0.3, -0.25) is 4.79 Å². The number of piperazine rings is 1. The number of hydrogen-bond acceptors (Lipinski definition) is 4. The Hall–Kier alpha value is -2.48. The highest BCUT2D eigenvalue weighted by Gasteiger charge is 2.30. The molecule has 0 radical (unpaired) electrons. The summed E-state index contributed by atoms with van der Waals surface area (Å²) >= 11 is 5.90. The molecule has 0 aliphatic carbocycles. The molecule has 0 unspecified atom stereocenters. The highest BCUT2D eigenvalue weighted by Crippen LogP contribution is 2.20. The van der Waals surface area contributed by atoms with E-state index in [0.29, 0.717) is 23.8 Å². The third-order valence-corrected chi connectivity index (χ3v) is 6.93. The van der Waals surface area contributed by atoms with E-state index in [1.807, 2.05) is 6.07 Å². The van der Waals surface area contributed by atoms with Crippen LogP contribution in [-0.2, 0) is 10.0 Å². The lowest BCUT2D eigenvalue weighted by atomic mass is 10.1. The highest BCUT2D eigenvalue weighted by atomic mass is 35.5. The van der Waals surface area contributed by atoms with E-state index in [9.17, 15) is 13.2 Å². The second-order valence-electron chi connectivity index (χ2n) is 6.55. The third-order valence-electron chi connectivity index (χ3n) is 4.81. The molecule has 8 heteroatoms. The quantitative estimate of drug-likeness (QED) is 0.616. The van der Waals surface area contributed by atoms with Gasteiger partial charge in [0, 0.05) is 37.1 Å². The van der Waals surface area contributed by atoms with Crippen molar-refractivity contribution >= 4 is 38.4 Å². The Morgan fingerprint density at radius 1 is 0.929 bits per heavy atom. The van der Waals surface area contributed by atoms with Crippen molar-refractivity contribution in [1.29, 1.82) is 0 Å². The van der Waals surface area contributed by atoms with Crippen LogP contribution in [-0.4, -0.2) is 54.7 Å². The van der Waals surface area contributed by atoms with Crippen molar-refractivity contribution in [2.45, 2.75) is 4.90 Å². The van der Waals surface area contributed by atoms with Gasteiger partial charge in [0.2, 0.25) is 10.0 Å². The second kappa shape index (κ2) is 7.50. The predicted molar refractivity (Wildman–Crippen MR) is 108 cm³/mol. The molecule has 1 fully saturated rings. The number of fused-ring (bicyclic) bond motifs is 1. The van der Waals surface area contributed by atoms with Crippen LogP contribution < -0.4 is 0 Å². The number of carbonyl (C=O) groups excluding carboxylic acids is 1. The maximum absolute atomic E-state index is 12.8. The van der Waals surface area contributed by atoms with Crippen LogP contribution in [0.15, 0.2) is 65.6 Å². The van der Waals surface area contributed by atoms with Crippen LogP contribution in [0.5, 0.6) is 0 Å². The molecular weight excluding hydrogens is 398 g/mol. The van der Waals surface area contributed by atoms with Gasteiger partial charge in [-0.15, -0.1) is 0 Å². The minimum absolute atomic E-state index is 0.117. The minimum Gasteiger partial charge on any atom is -0.336 e. The summed E-state index contributed by atoms with van der Waals surface area (Å²) in [5.41, 5.74) is 1.28. The molecule has 0 bridgehead atoms. The zero-order valence-electron chi connectivity index (χ0n) is 15.0. The summed E-state index contributed by atoms with van der Waals surface area (Å²) in [4.78, 5) is 19.0. The van der Waals surface area contributed by atoms with Crippen LogP contribution in [0, 0.1) is 0 Å². The first-order chi connectivity index (χ1) is 13.4. The normalized spacial score (nSPS) is 15.7. The summed E-state index contributed by atoms with van der Waals surface area (Å²) < 4.78 is 26.9. The number of carbonyl (C=O) groups is 1. The van der Waals surface area contributed by atoms with Gasteiger partial charge >= 0.3 is 0 Å². The molecule has 1 aliphatic heterocycles. The lowest BCUT2D eigenvalue weighted by Crippen LogP contribution is -2.50. The number of benzene rings is 2. The molecule has 2 heterocycles. The maximum atomic E-state index is 12.8. The van der Waals surface area contributed by atoms with Crippen LogP contribution in [0.2, 0.25) is 5.15 Å². The molecule has 4 rings (SSSR count). The van der Waals surface area contributed by atoms with Gasteiger partial charge in [-0.25, -0.2) is 13.4 Å². The fraction of sp³-hybridized carbons (Fsp3) is 0.200. The third kappa shape index (κ3) is 3.61. The number of halogens is 1. The van der Waals surface area contributed by atoms with E-state index in [0.717, 1.165) is 10.9 Å². The molecule has 0 N–H and O–H groups in total. The van der Waals surface area contributed by atoms with Gasteiger partial charge in [0.25, 0.3) is 5.91 Å². The Kier molecular flexibility index (Phi) is 5.05. The Labute approximate surface area is 168 Å². The molecule has 1 aromatic heterocycles. The van der Waals surface area contributed by atoms with Crippen molar-refractivity contribution in [3.8, 4) is 0 Å². The van der Waals surface area contributed by atoms with Crippen LogP contribution in [0.4, 0.5) is 0 Å². The molecule has 1 aliphatic rings. The van der Waals surface area contributed by atoms with E-state index >= 15 is 0 Å². The van der Waals surface area contributed by atoms with Gasteiger partial charge in [0.15, 0.2) is 0 Å². The zero-order valence-corrected chi connectivity index (χ0v) is 16.5. The monoisotopic (exact) mass is 415 g/mol. The molecule has 1 amide bonds. The SMILES string of the molecule is O=C(c1ccc2nc(Cl)ccc2c1)N1CCN(S(=O)(=O)c2ccccc2)CC1. The number of nitrogens with zero attached hydrogens (tertiary/aromatic N) is 3. The number of aromatic nitrogens is 1.